The number of carbonyl (C=O) groups is 1. The van der Waals surface area contributed by atoms with Crippen molar-refractivity contribution >= 4 is 49.8 Å². The first-order valence-electron chi connectivity index (χ1n) is 6.43. The second kappa shape index (κ2) is 7.16. The van der Waals surface area contributed by atoms with Gasteiger partial charge in [-0.15, -0.1) is 0 Å². The first-order valence-corrected chi connectivity index (χ1v) is 8.63. The maximum atomic E-state index is 12.9. The third-order valence-corrected chi connectivity index (χ3v) is 5.17. The Hall–Kier alpha value is -2.16. The number of anilines is 1. The van der Waals surface area contributed by atoms with Gasteiger partial charge in [0.1, 0.15) is 6.54 Å². The monoisotopic (exact) mass is 388 g/mol. The van der Waals surface area contributed by atoms with Crippen LogP contribution in [0.2, 0.25) is 5.02 Å². The molecule has 24 heavy (non-hydrogen) atoms. The van der Waals surface area contributed by atoms with Crippen molar-refractivity contribution < 1.29 is 18.1 Å². The first kappa shape index (κ1) is 18.2. The minimum Gasteiger partial charge on any atom is -0.279 e. The molecule has 0 amide bonds. The summed E-state index contributed by atoms with van der Waals surface area (Å²) in [4.78, 5) is 21.1. The van der Waals surface area contributed by atoms with E-state index in [-0.39, 0.29) is 10.7 Å². The molecule has 2 rings (SSSR count). The van der Waals surface area contributed by atoms with Gasteiger partial charge >= 0.3 is 0 Å². The SMILES string of the molecule is O=C(Cl)CN(c1cccc(Cl)c1)S(=O)(=O)c1ccccc1[N+](=O)[O-]. The maximum Gasteiger partial charge on any atom is 0.289 e. The second-order valence-electron chi connectivity index (χ2n) is 4.57. The minimum atomic E-state index is -4.41. The van der Waals surface area contributed by atoms with Crippen molar-refractivity contribution in [3.05, 3.63) is 63.7 Å². The van der Waals surface area contributed by atoms with Crippen LogP contribution in [0.4, 0.5) is 11.4 Å². The fraction of sp³-hybridized carbons (Fsp3) is 0.0714. The van der Waals surface area contributed by atoms with Crippen molar-refractivity contribution in [1.82, 2.24) is 0 Å². The van der Waals surface area contributed by atoms with Crippen LogP contribution in [0.3, 0.4) is 0 Å². The summed E-state index contributed by atoms with van der Waals surface area (Å²) in [5, 5.41) is 10.4. The van der Waals surface area contributed by atoms with Gasteiger partial charge in [-0.2, -0.15) is 0 Å². The van der Waals surface area contributed by atoms with Gasteiger partial charge < -0.3 is 0 Å². The fourth-order valence-electron chi connectivity index (χ4n) is 2.00. The van der Waals surface area contributed by atoms with E-state index in [1.165, 1.54) is 36.4 Å². The number of hydrogen-bond donors (Lipinski definition) is 0. The average Bonchev–Trinajstić information content (AvgIpc) is 2.52. The molecule has 7 nitrogen and oxygen atoms in total. The smallest absolute Gasteiger partial charge is 0.279 e. The van der Waals surface area contributed by atoms with Gasteiger partial charge in [-0.05, 0) is 35.9 Å². The molecule has 0 aliphatic carbocycles. The van der Waals surface area contributed by atoms with Crippen LogP contribution in [0, 0.1) is 10.1 Å². The normalized spacial score (nSPS) is 11.1. The van der Waals surface area contributed by atoms with E-state index < -0.39 is 37.3 Å². The van der Waals surface area contributed by atoms with Crippen LogP contribution < -0.4 is 4.31 Å². The van der Waals surface area contributed by atoms with Crippen molar-refractivity contribution in [3.63, 3.8) is 0 Å². The van der Waals surface area contributed by atoms with Crippen LogP contribution in [0.5, 0.6) is 0 Å². The predicted octanol–water partition coefficient (Wildman–Crippen LogP) is 3.21. The van der Waals surface area contributed by atoms with E-state index in [1.54, 1.807) is 0 Å². The van der Waals surface area contributed by atoms with E-state index in [0.717, 1.165) is 12.1 Å². The number of halogens is 2. The first-order chi connectivity index (χ1) is 11.2. The average molecular weight is 389 g/mol. The van der Waals surface area contributed by atoms with Crippen LogP contribution in [-0.2, 0) is 14.8 Å². The highest BCUT2D eigenvalue weighted by Crippen LogP contribution is 2.30. The Bertz CT molecular complexity index is 902. The highest BCUT2D eigenvalue weighted by molar-refractivity contribution is 7.93. The maximum absolute atomic E-state index is 12.9. The molecule has 126 valence electrons. The Balaban J connectivity index is 2.65. The summed E-state index contributed by atoms with van der Waals surface area (Å²) in [5.74, 6) is 0. The van der Waals surface area contributed by atoms with E-state index in [0.29, 0.717) is 4.31 Å². The summed E-state index contributed by atoms with van der Waals surface area (Å²) < 4.78 is 26.4. The van der Waals surface area contributed by atoms with Crippen LogP contribution in [0.15, 0.2) is 53.4 Å². The van der Waals surface area contributed by atoms with Crippen LogP contribution >= 0.6 is 23.2 Å². The largest absolute Gasteiger partial charge is 0.289 e. The molecule has 0 aliphatic heterocycles. The Labute approximate surface area is 147 Å². The number of nitro benzene ring substituents is 1. The molecule has 0 spiro atoms. The van der Waals surface area contributed by atoms with Gasteiger partial charge in [-0.25, -0.2) is 8.42 Å². The molecule has 0 aromatic heterocycles. The highest BCUT2D eigenvalue weighted by Gasteiger charge is 2.32. The zero-order valence-electron chi connectivity index (χ0n) is 11.9. The second-order valence-corrected chi connectivity index (χ2v) is 7.26. The number of sulfonamides is 1. The Kier molecular flexibility index (Phi) is 5.43. The molecule has 0 saturated carbocycles. The molecular formula is C14H10Cl2N2O5S. The summed E-state index contributed by atoms with van der Waals surface area (Å²) in [6.45, 7) is -0.698. The van der Waals surface area contributed by atoms with E-state index >= 15 is 0 Å². The van der Waals surface area contributed by atoms with Gasteiger partial charge in [0.05, 0.1) is 10.6 Å². The number of rotatable bonds is 6. The Morgan fingerprint density at radius 2 is 1.83 bits per heavy atom. The molecule has 0 radical (unpaired) electrons. The summed E-state index contributed by atoms with van der Waals surface area (Å²) >= 11 is 11.2. The zero-order valence-corrected chi connectivity index (χ0v) is 14.3. The van der Waals surface area contributed by atoms with Crippen molar-refractivity contribution in [2.24, 2.45) is 0 Å². The standard InChI is InChI=1S/C14H10Cl2N2O5S/c15-10-4-3-5-11(8-10)17(9-14(16)19)24(22,23)13-7-2-1-6-12(13)18(20)21/h1-8H,9H2. The number of nitro groups is 1. The third kappa shape index (κ3) is 3.84. The molecule has 0 saturated heterocycles. The minimum absolute atomic E-state index is 0.0645. The molecule has 0 unspecified atom stereocenters. The molecule has 10 heteroatoms. The number of para-hydroxylation sites is 1. The van der Waals surface area contributed by atoms with Crippen LogP contribution in [0.1, 0.15) is 0 Å². The lowest BCUT2D eigenvalue weighted by Crippen LogP contribution is -2.34. The number of hydrogen-bond acceptors (Lipinski definition) is 5. The highest BCUT2D eigenvalue weighted by atomic mass is 35.5. The Morgan fingerprint density at radius 3 is 2.42 bits per heavy atom. The lowest BCUT2D eigenvalue weighted by Gasteiger charge is -2.22. The molecule has 0 N–H and O–H groups in total. The summed E-state index contributed by atoms with van der Waals surface area (Å²) in [6.07, 6.45) is 0. The quantitative estimate of drug-likeness (QED) is 0.429. The molecule has 0 atom stereocenters. The summed E-state index contributed by atoms with van der Waals surface area (Å²) in [6, 6.07) is 10.6. The van der Waals surface area contributed by atoms with E-state index in [1.807, 2.05) is 0 Å². The Morgan fingerprint density at radius 1 is 1.17 bits per heavy atom. The molecule has 2 aromatic carbocycles. The van der Waals surface area contributed by atoms with Crippen molar-refractivity contribution in [3.8, 4) is 0 Å². The fourth-order valence-corrected chi connectivity index (χ4v) is 3.95. The molecule has 0 fully saturated rings. The van der Waals surface area contributed by atoms with Crippen LogP contribution in [-0.4, -0.2) is 25.1 Å². The van der Waals surface area contributed by atoms with Gasteiger partial charge in [-0.1, -0.05) is 29.8 Å². The lowest BCUT2D eigenvalue weighted by molar-refractivity contribution is -0.387. The topological polar surface area (TPSA) is 97.6 Å². The number of benzene rings is 2. The van der Waals surface area contributed by atoms with Crippen molar-refractivity contribution in [2.45, 2.75) is 4.90 Å². The van der Waals surface area contributed by atoms with Gasteiger partial charge in [0.25, 0.3) is 15.7 Å². The van der Waals surface area contributed by atoms with Gasteiger partial charge in [0.2, 0.25) is 5.24 Å². The van der Waals surface area contributed by atoms with Gasteiger partial charge in [0, 0.05) is 11.1 Å². The molecule has 0 bridgehead atoms. The molecule has 0 aliphatic rings. The van der Waals surface area contributed by atoms with Crippen molar-refractivity contribution in [1.29, 1.82) is 0 Å². The van der Waals surface area contributed by atoms with Gasteiger partial charge in [0.15, 0.2) is 4.90 Å². The predicted molar refractivity (Wildman–Crippen MR) is 89.9 cm³/mol. The lowest BCUT2D eigenvalue weighted by atomic mass is 10.3. The number of carbonyl (C=O) groups excluding carboxylic acids is 1. The zero-order chi connectivity index (χ0) is 17.9. The van der Waals surface area contributed by atoms with Crippen molar-refractivity contribution in [2.75, 3.05) is 10.8 Å². The van der Waals surface area contributed by atoms with Gasteiger partial charge in [-0.3, -0.25) is 19.2 Å². The summed E-state index contributed by atoms with van der Waals surface area (Å²) in [5.41, 5.74) is -0.541. The van der Waals surface area contributed by atoms with E-state index in [4.69, 9.17) is 23.2 Å². The van der Waals surface area contributed by atoms with E-state index in [9.17, 15) is 23.3 Å². The third-order valence-electron chi connectivity index (χ3n) is 2.99. The van der Waals surface area contributed by atoms with Crippen LogP contribution in [0.25, 0.3) is 0 Å². The number of nitrogens with zero attached hydrogens (tertiary/aromatic N) is 2. The molecule has 2 aromatic rings. The molecular weight excluding hydrogens is 379 g/mol. The summed E-state index contributed by atoms with van der Waals surface area (Å²) in [7, 11) is -4.41. The van der Waals surface area contributed by atoms with E-state index in [2.05, 4.69) is 0 Å². The molecule has 0 heterocycles.